The van der Waals surface area contributed by atoms with Gasteiger partial charge in [-0.15, -0.1) is 0 Å². The highest BCUT2D eigenvalue weighted by Crippen LogP contribution is 1.98. The summed E-state index contributed by atoms with van der Waals surface area (Å²) in [4.78, 5) is 0. The SMILES string of the molecule is CC=CCOCCCCCC. The van der Waals surface area contributed by atoms with Gasteiger partial charge in [0.25, 0.3) is 0 Å². The van der Waals surface area contributed by atoms with Crippen molar-refractivity contribution >= 4 is 0 Å². The summed E-state index contributed by atoms with van der Waals surface area (Å²) >= 11 is 0. The van der Waals surface area contributed by atoms with Gasteiger partial charge >= 0.3 is 0 Å². The highest BCUT2D eigenvalue weighted by molar-refractivity contribution is 4.75. The van der Waals surface area contributed by atoms with E-state index in [1.165, 1.54) is 25.7 Å². The second-order valence-corrected chi connectivity index (χ2v) is 2.70. The average molecular weight is 156 g/mol. The van der Waals surface area contributed by atoms with Gasteiger partial charge in [0.05, 0.1) is 6.61 Å². The molecule has 0 aliphatic heterocycles. The zero-order valence-corrected chi connectivity index (χ0v) is 7.81. The van der Waals surface area contributed by atoms with Crippen LogP contribution < -0.4 is 0 Å². The Bertz CT molecular complexity index is 86.9. The largest absolute Gasteiger partial charge is 0.377 e. The lowest BCUT2D eigenvalue weighted by atomic mass is 10.2. The standard InChI is InChI=1S/C10H20O/c1-3-5-7-8-10-11-9-6-4-2/h4,6H,3,5,7-10H2,1-2H3. The number of allylic oxidation sites excluding steroid dienone is 1. The van der Waals surface area contributed by atoms with Crippen LogP contribution in [0, 0.1) is 0 Å². The third-order valence-corrected chi connectivity index (χ3v) is 1.59. The van der Waals surface area contributed by atoms with E-state index in [9.17, 15) is 0 Å². The van der Waals surface area contributed by atoms with E-state index < -0.39 is 0 Å². The van der Waals surface area contributed by atoms with Crippen molar-refractivity contribution in [2.75, 3.05) is 13.2 Å². The van der Waals surface area contributed by atoms with Crippen molar-refractivity contribution in [2.24, 2.45) is 0 Å². The average Bonchev–Trinajstić information content (AvgIpc) is 2.03. The van der Waals surface area contributed by atoms with Crippen molar-refractivity contribution in [3.63, 3.8) is 0 Å². The van der Waals surface area contributed by atoms with E-state index in [0.717, 1.165) is 13.2 Å². The van der Waals surface area contributed by atoms with Crippen LogP contribution in [0.2, 0.25) is 0 Å². The maximum absolute atomic E-state index is 5.33. The molecular formula is C10H20O. The Morgan fingerprint density at radius 2 is 2.00 bits per heavy atom. The van der Waals surface area contributed by atoms with Crippen LogP contribution in [0.4, 0.5) is 0 Å². The lowest BCUT2D eigenvalue weighted by molar-refractivity contribution is 0.157. The van der Waals surface area contributed by atoms with Gasteiger partial charge < -0.3 is 4.74 Å². The van der Waals surface area contributed by atoms with Gasteiger partial charge in [-0.3, -0.25) is 0 Å². The highest BCUT2D eigenvalue weighted by Gasteiger charge is 1.86. The lowest BCUT2D eigenvalue weighted by Crippen LogP contribution is -1.93. The van der Waals surface area contributed by atoms with Gasteiger partial charge in [0.2, 0.25) is 0 Å². The van der Waals surface area contributed by atoms with Crippen molar-refractivity contribution in [1.29, 1.82) is 0 Å². The van der Waals surface area contributed by atoms with Crippen molar-refractivity contribution < 1.29 is 4.74 Å². The van der Waals surface area contributed by atoms with Crippen molar-refractivity contribution in [3.05, 3.63) is 12.2 Å². The lowest BCUT2D eigenvalue weighted by Gasteiger charge is -1.99. The fourth-order valence-corrected chi connectivity index (χ4v) is 0.879. The molecule has 0 saturated heterocycles. The molecule has 11 heavy (non-hydrogen) atoms. The molecule has 1 heteroatoms. The number of hydrogen-bond acceptors (Lipinski definition) is 1. The van der Waals surface area contributed by atoms with Gasteiger partial charge in [0.15, 0.2) is 0 Å². The molecule has 0 bridgehead atoms. The summed E-state index contributed by atoms with van der Waals surface area (Å²) in [6, 6.07) is 0. The van der Waals surface area contributed by atoms with Gasteiger partial charge in [-0.1, -0.05) is 38.3 Å². The number of hydrogen-bond donors (Lipinski definition) is 0. The van der Waals surface area contributed by atoms with E-state index in [-0.39, 0.29) is 0 Å². The van der Waals surface area contributed by atoms with E-state index in [2.05, 4.69) is 6.92 Å². The Morgan fingerprint density at radius 1 is 1.18 bits per heavy atom. The van der Waals surface area contributed by atoms with Crippen LogP contribution in [-0.4, -0.2) is 13.2 Å². The zero-order chi connectivity index (χ0) is 8.36. The number of ether oxygens (including phenoxy) is 1. The summed E-state index contributed by atoms with van der Waals surface area (Å²) in [7, 11) is 0. The van der Waals surface area contributed by atoms with E-state index >= 15 is 0 Å². The normalized spacial score (nSPS) is 11.1. The fourth-order valence-electron chi connectivity index (χ4n) is 0.879. The van der Waals surface area contributed by atoms with Crippen molar-refractivity contribution in [1.82, 2.24) is 0 Å². The monoisotopic (exact) mass is 156 g/mol. The smallest absolute Gasteiger partial charge is 0.0647 e. The first kappa shape index (κ1) is 10.7. The molecule has 0 aliphatic rings. The highest BCUT2D eigenvalue weighted by atomic mass is 16.5. The third kappa shape index (κ3) is 9.70. The molecule has 0 saturated carbocycles. The fraction of sp³-hybridized carbons (Fsp3) is 0.800. The summed E-state index contributed by atoms with van der Waals surface area (Å²) < 4.78 is 5.33. The van der Waals surface area contributed by atoms with E-state index in [0.29, 0.717) is 0 Å². The molecule has 1 nitrogen and oxygen atoms in total. The molecular weight excluding hydrogens is 136 g/mol. The van der Waals surface area contributed by atoms with E-state index in [4.69, 9.17) is 4.74 Å². The second kappa shape index (κ2) is 9.70. The number of rotatable bonds is 7. The molecule has 0 aromatic rings. The Labute approximate surface area is 70.4 Å². The third-order valence-electron chi connectivity index (χ3n) is 1.59. The maximum atomic E-state index is 5.33. The predicted molar refractivity (Wildman–Crippen MR) is 49.8 cm³/mol. The van der Waals surface area contributed by atoms with Crippen LogP contribution in [0.3, 0.4) is 0 Å². The molecule has 0 atom stereocenters. The molecule has 0 spiro atoms. The molecule has 0 rings (SSSR count). The van der Waals surface area contributed by atoms with Crippen LogP contribution in [0.15, 0.2) is 12.2 Å². The Morgan fingerprint density at radius 3 is 2.64 bits per heavy atom. The maximum Gasteiger partial charge on any atom is 0.0647 e. The molecule has 0 N–H and O–H groups in total. The number of unbranched alkanes of at least 4 members (excludes halogenated alkanes) is 3. The molecule has 0 fully saturated rings. The van der Waals surface area contributed by atoms with Crippen molar-refractivity contribution in [3.8, 4) is 0 Å². The van der Waals surface area contributed by atoms with Gasteiger partial charge in [0.1, 0.15) is 0 Å². The molecule has 66 valence electrons. The first-order chi connectivity index (χ1) is 5.41. The molecule has 0 heterocycles. The molecule has 0 aromatic heterocycles. The minimum atomic E-state index is 0.780. The van der Waals surface area contributed by atoms with E-state index in [1.54, 1.807) is 0 Å². The van der Waals surface area contributed by atoms with Crippen molar-refractivity contribution in [2.45, 2.75) is 39.5 Å². The summed E-state index contributed by atoms with van der Waals surface area (Å²) in [6.07, 6.45) is 9.23. The van der Waals surface area contributed by atoms with Gasteiger partial charge in [0, 0.05) is 6.61 Å². The van der Waals surface area contributed by atoms with Gasteiger partial charge in [-0.25, -0.2) is 0 Å². The van der Waals surface area contributed by atoms with Crippen LogP contribution in [0.25, 0.3) is 0 Å². The molecule has 0 aliphatic carbocycles. The van der Waals surface area contributed by atoms with Crippen LogP contribution >= 0.6 is 0 Å². The zero-order valence-electron chi connectivity index (χ0n) is 7.81. The second-order valence-electron chi connectivity index (χ2n) is 2.70. The summed E-state index contributed by atoms with van der Waals surface area (Å²) in [5.74, 6) is 0. The summed E-state index contributed by atoms with van der Waals surface area (Å²) in [6.45, 7) is 5.94. The predicted octanol–water partition coefficient (Wildman–Crippen LogP) is 3.16. The van der Waals surface area contributed by atoms with Crippen LogP contribution in [0.5, 0.6) is 0 Å². The Hall–Kier alpha value is -0.300. The first-order valence-corrected chi connectivity index (χ1v) is 4.60. The topological polar surface area (TPSA) is 9.23 Å². The Kier molecular flexibility index (Phi) is 9.44. The minimum absolute atomic E-state index is 0.780. The van der Waals surface area contributed by atoms with E-state index in [1.807, 2.05) is 19.1 Å². The summed E-state index contributed by atoms with van der Waals surface area (Å²) in [5, 5.41) is 0. The summed E-state index contributed by atoms with van der Waals surface area (Å²) in [5.41, 5.74) is 0. The van der Waals surface area contributed by atoms with Crippen LogP contribution in [0.1, 0.15) is 39.5 Å². The Balaban J connectivity index is 2.79. The molecule has 0 unspecified atom stereocenters. The first-order valence-electron chi connectivity index (χ1n) is 4.60. The van der Waals surface area contributed by atoms with Crippen LogP contribution in [-0.2, 0) is 4.74 Å². The molecule has 0 aromatic carbocycles. The minimum Gasteiger partial charge on any atom is -0.377 e. The van der Waals surface area contributed by atoms with Gasteiger partial charge in [-0.2, -0.15) is 0 Å². The molecule has 0 amide bonds. The van der Waals surface area contributed by atoms with Gasteiger partial charge in [-0.05, 0) is 13.3 Å². The quantitative estimate of drug-likeness (QED) is 0.406. The molecule has 0 radical (unpaired) electrons.